The smallest absolute Gasteiger partial charge is 0.305 e. The molecule has 8 heteroatoms. The van der Waals surface area contributed by atoms with E-state index in [9.17, 15) is 22.6 Å². The quantitative estimate of drug-likeness (QED) is 0.612. The molecule has 22 heavy (non-hydrogen) atoms. The van der Waals surface area contributed by atoms with Gasteiger partial charge in [0.15, 0.2) is 0 Å². The number of nitrogens with one attached hydrogen (secondary N) is 2. The van der Waals surface area contributed by atoms with Crippen LogP contribution in [-0.2, 0) is 10.1 Å². The van der Waals surface area contributed by atoms with Gasteiger partial charge in [-0.3, -0.25) is 14.3 Å². The summed E-state index contributed by atoms with van der Waals surface area (Å²) in [5, 5.41) is -0.0353. The fraction of sp³-hybridized carbons (Fsp3) is 0. The predicted octanol–water partition coefficient (Wildman–Crippen LogP) is 1.13. The molecule has 0 radical (unpaired) electrons. The first-order valence-corrected chi connectivity index (χ1v) is 7.64. The Morgan fingerprint density at radius 3 is 2.23 bits per heavy atom. The predicted molar refractivity (Wildman–Crippen MR) is 80.4 cm³/mol. The maximum Gasteiger partial charge on any atom is 0.326 e. The molecule has 0 amide bonds. The summed E-state index contributed by atoms with van der Waals surface area (Å²) in [5.74, 6) is 0. The van der Waals surface area contributed by atoms with Crippen molar-refractivity contribution in [2.24, 2.45) is 0 Å². The largest absolute Gasteiger partial charge is 0.326 e. The summed E-state index contributed by atoms with van der Waals surface area (Å²) in [5.41, 5.74) is -1.09. The zero-order valence-corrected chi connectivity index (χ0v) is 11.8. The molecule has 0 atom stereocenters. The van der Waals surface area contributed by atoms with Crippen LogP contribution in [0.1, 0.15) is 0 Å². The molecule has 0 saturated heterocycles. The molecule has 2 aromatic carbocycles. The van der Waals surface area contributed by atoms with Gasteiger partial charge in [0.25, 0.3) is 15.7 Å². The summed E-state index contributed by atoms with van der Waals surface area (Å²) in [6.45, 7) is 0. The average Bonchev–Trinajstić information content (AvgIpc) is 2.45. The molecular formula is C14H10N2O5S. The van der Waals surface area contributed by atoms with E-state index < -0.39 is 26.3 Å². The Morgan fingerprint density at radius 2 is 1.59 bits per heavy atom. The fourth-order valence-corrected chi connectivity index (χ4v) is 3.21. The van der Waals surface area contributed by atoms with Crippen molar-refractivity contribution in [3.05, 3.63) is 63.3 Å². The summed E-state index contributed by atoms with van der Waals surface area (Å²) in [6, 6.07) is 11.3. The van der Waals surface area contributed by atoms with Gasteiger partial charge in [0, 0.05) is 5.56 Å². The molecular weight excluding hydrogens is 308 g/mol. The molecule has 7 nitrogen and oxygen atoms in total. The normalized spacial score (nSPS) is 11.7. The molecule has 112 valence electrons. The lowest BCUT2D eigenvalue weighted by molar-refractivity contribution is 0.484. The molecule has 0 aliphatic rings. The highest BCUT2D eigenvalue weighted by Crippen LogP contribution is 2.31. The van der Waals surface area contributed by atoms with Crippen LogP contribution in [-0.4, -0.2) is 22.9 Å². The molecule has 0 saturated carbocycles. The zero-order valence-electron chi connectivity index (χ0n) is 11.0. The zero-order chi connectivity index (χ0) is 15.9. The Bertz CT molecular complexity index is 1080. The van der Waals surface area contributed by atoms with Gasteiger partial charge in [0.1, 0.15) is 4.90 Å². The van der Waals surface area contributed by atoms with E-state index >= 15 is 0 Å². The lowest BCUT2D eigenvalue weighted by atomic mass is 10.0. The SMILES string of the molecule is O=c1[nH]c(=O)c2ccc(-c3ccccc3)c(S(=O)(=O)O)c2[nH]1. The van der Waals surface area contributed by atoms with Crippen molar-refractivity contribution < 1.29 is 13.0 Å². The van der Waals surface area contributed by atoms with Crippen LogP contribution in [0.3, 0.4) is 0 Å². The van der Waals surface area contributed by atoms with Crippen LogP contribution >= 0.6 is 0 Å². The molecule has 1 heterocycles. The molecule has 3 N–H and O–H groups in total. The van der Waals surface area contributed by atoms with Crippen LogP contribution in [0.15, 0.2) is 56.9 Å². The first kappa shape index (κ1) is 14.2. The molecule has 1 aromatic heterocycles. The van der Waals surface area contributed by atoms with Crippen LogP contribution in [0, 0.1) is 0 Å². The highest BCUT2D eigenvalue weighted by atomic mass is 32.2. The summed E-state index contributed by atoms with van der Waals surface area (Å²) < 4.78 is 33.1. The van der Waals surface area contributed by atoms with E-state index in [1.54, 1.807) is 30.3 Å². The summed E-state index contributed by atoms with van der Waals surface area (Å²) >= 11 is 0. The van der Waals surface area contributed by atoms with E-state index in [2.05, 4.69) is 4.98 Å². The third-order valence-corrected chi connectivity index (χ3v) is 4.15. The highest BCUT2D eigenvalue weighted by Gasteiger charge is 2.22. The Morgan fingerprint density at radius 1 is 0.909 bits per heavy atom. The van der Waals surface area contributed by atoms with Gasteiger partial charge in [-0.15, -0.1) is 0 Å². The maximum atomic E-state index is 11.8. The number of benzene rings is 2. The third kappa shape index (κ3) is 2.34. The van der Waals surface area contributed by atoms with E-state index in [1.807, 2.05) is 4.98 Å². The van der Waals surface area contributed by atoms with Crippen molar-refractivity contribution >= 4 is 21.0 Å². The number of aromatic nitrogens is 2. The van der Waals surface area contributed by atoms with Crippen molar-refractivity contribution in [1.82, 2.24) is 9.97 Å². The summed E-state index contributed by atoms with van der Waals surface area (Å²) in [6.07, 6.45) is 0. The lowest BCUT2D eigenvalue weighted by Gasteiger charge is -2.10. The van der Waals surface area contributed by atoms with Crippen LogP contribution in [0.25, 0.3) is 22.0 Å². The Labute approximate surface area is 124 Å². The van der Waals surface area contributed by atoms with Crippen LogP contribution in [0.4, 0.5) is 0 Å². The Balaban J connectivity index is 2.56. The second-order valence-electron chi connectivity index (χ2n) is 4.61. The molecule has 0 fully saturated rings. The monoisotopic (exact) mass is 318 g/mol. The topological polar surface area (TPSA) is 120 Å². The highest BCUT2D eigenvalue weighted by molar-refractivity contribution is 7.86. The van der Waals surface area contributed by atoms with E-state index in [4.69, 9.17) is 0 Å². The fourth-order valence-electron chi connectivity index (χ4n) is 2.32. The van der Waals surface area contributed by atoms with Crippen molar-refractivity contribution in [2.45, 2.75) is 4.90 Å². The van der Waals surface area contributed by atoms with Gasteiger partial charge < -0.3 is 4.98 Å². The van der Waals surface area contributed by atoms with Crippen molar-refractivity contribution in [3.63, 3.8) is 0 Å². The third-order valence-electron chi connectivity index (χ3n) is 3.21. The number of aromatic amines is 2. The van der Waals surface area contributed by atoms with Gasteiger partial charge >= 0.3 is 5.69 Å². The molecule has 0 spiro atoms. The Hall–Kier alpha value is -2.71. The average molecular weight is 318 g/mol. The van der Waals surface area contributed by atoms with Gasteiger partial charge in [-0.25, -0.2) is 4.79 Å². The van der Waals surface area contributed by atoms with E-state index in [-0.39, 0.29) is 16.5 Å². The summed E-state index contributed by atoms with van der Waals surface area (Å²) in [7, 11) is -4.66. The van der Waals surface area contributed by atoms with E-state index in [1.165, 1.54) is 12.1 Å². The minimum Gasteiger partial charge on any atom is -0.305 e. The second kappa shape index (κ2) is 4.93. The van der Waals surface area contributed by atoms with Gasteiger partial charge in [-0.05, 0) is 11.6 Å². The van der Waals surface area contributed by atoms with Gasteiger partial charge in [-0.2, -0.15) is 8.42 Å². The summed E-state index contributed by atoms with van der Waals surface area (Å²) in [4.78, 5) is 27.0. The van der Waals surface area contributed by atoms with Crippen LogP contribution in [0.5, 0.6) is 0 Å². The number of rotatable bonds is 2. The number of fused-ring (bicyclic) bond motifs is 1. The standard InChI is InChI=1S/C14H10N2O5S/c17-13-10-7-6-9(8-4-2-1-3-5-8)12(22(19,20)21)11(10)15-14(18)16-13/h1-7H,(H,19,20,21)(H2,15,16,17,18). The minimum absolute atomic E-state index is 0.0353. The van der Waals surface area contributed by atoms with Crippen molar-refractivity contribution in [3.8, 4) is 11.1 Å². The van der Waals surface area contributed by atoms with Crippen LogP contribution in [0.2, 0.25) is 0 Å². The first-order chi connectivity index (χ1) is 10.4. The number of H-pyrrole nitrogens is 2. The van der Waals surface area contributed by atoms with E-state index in [0.717, 1.165) is 0 Å². The molecule has 3 rings (SSSR count). The van der Waals surface area contributed by atoms with Crippen molar-refractivity contribution in [1.29, 1.82) is 0 Å². The number of hydrogen-bond acceptors (Lipinski definition) is 4. The first-order valence-electron chi connectivity index (χ1n) is 6.20. The maximum absolute atomic E-state index is 11.8. The van der Waals surface area contributed by atoms with E-state index in [0.29, 0.717) is 5.56 Å². The van der Waals surface area contributed by atoms with Gasteiger partial charge in [0.2, 0.25) is 0 Å². The molecule has 0 aliphatic carbocycles. The second-order valence-corrected chi connectivity index (χ2v) is 5.97. The minimum atomic E-state index is -4.66. The van der Waals surface area contributed by atoms with Gasteiger partial charge in [0.05, 0.1) is 10.9 Å². The van der Waals surface area contributed by atoms with Crippen LogP contribution < -0.4 is 11.2 Å². The molecule has 0 unspecified atom stereocenters. The molecule has 0 bridgehead atoms. The number of hydrogen-bond donors (Lipinski definition) is 3. The molecule has 3 aromatic rings. The Kier molecular flexibility index (Phi) is 3.19. The van der Waals surface area contributed by atoms with Gasteiger partial charge in [-0.1, -0.05) is 36.4 Å². The van der Waals surface area contributed by atoms with Crippen molar-refractivity contribution in [2.75, 3.05) is 0 Å². The lowest BCUT2D eigenvalue weighted by Crippen LogP contribution is -2.23. The molecule has 0 aliphatic heterocycles.